The van der Waals surface area contributed by atoms with Gasteiger partial charge in [0.05, 0.1) is 17.7 Å². The number of aromatic nitrogens is 2. The molecule has 0 radical (unpaired) electrons. The van der Waals surface area contributed by atoms with Crippen molar-refractivity contribution in [3.05, 3.63) is 89.2 Å². The summed E-state index contributed by atoms with van der Waals surface area (Å²) >= 11 is 1.09. The zero-order valence-electron chi connectivity index (χ0n) is 15.6. The Balaban J connectivity index is 1.72. The normalized spacial score (nSPS) is 11.0. The zero-order valence-corrected chi connectivity index (χ0v) is 16.4. The number of nitrogens with zero attached hydrogens (tertiary/aromatic N) is 3. The van der Waals surface area contributed by atoms with Crippen LogP contribution in [0, 0.1) is 18.6 Å². The van der Waals surface area contributed by atoms with Crippen molar-refractivity contribution in [2.75, 3.05) is 4.90 Å². The minimum Gasteiger partial charge on any atom is -0.283 e. The number of anilines is 1. The zero-order chi connectivity index (χ0) is 20.4. The first kappa shape index (κ1) is 19.1. The monoisotopic (exact) mass is 409 g/mol. The smallest absolute Gasteiger partial charge is 0.233 e. The van der Waals surface area contributed by atoms with Crippen LogP contribution < -0.4 is 4.90 Å². The summed E-state index contributed by atoms with van der Waals surface area (Å²) in [5.41, 5.74) is 2.82. The molecule has 0 aliphatic rings. The quantitative estimate of drug-likeness (QED) is 0.463. The van der Waals surface area contributed by atoms with Crippen molar-refractivity contribution in [2.24, 2.45) is 0 Å². The van der Waals surface area contributed by atoms with Gasteiger partial charge in [-0.2, -0.15) is 0 Å². The Bertz CT molecular complexity index is 1180. The number of carbonyl (C=O) groups excluding carboxylic acids is 1. The number of aryl methyl sites for hydroxylation is 1. The lowest BCUT2D eigenvalue weighted by molar-refractivity contribution is -0.118. The average Bonchev–Trinajstić information content (AvgIpc) is 3.11. The van der Waals surface area contributed by atoms with Crippen molar-refractivity contribution >= 4 is 32.6 Å². The topological polar surface area (TPSA) is 46.1 Å². The first-order valence-corrected chi connectivity index (χ1v) is 9.81. The van der Waals surface area contributed by atoms with Crippen LogP contribution in [-0.2, 0) is 17.8 Å². The highest BCUT2D eigenvalue weighted by Gasteiger charge is 2.22. The minimum absolute atomic E-state index is 0.0611. The molecule has 146 valence electrons. The van der Waals surface area contributed by atoms with Gasteiger partial charge in [-0.3, -0.25) is 14.7 Å². The molecule has 0 spiro atoms. The summed E-state index contributed by atoms with van der Waals surface area (Å²) in [4.78, 5) is 23.0. The van der Waals surface area contributed by atoms with E-state index >= 15 is 0 Å². The second kappa shape index (κ2) is 8.05. The van der Waals surface area contributed by atoms with E-state index in [1.807, 2.05) is 37.3 Å². The Hall–Kier alpha value is -3.19. The molecule has 2 heterocycles. The van der Waals surface area contributed by atoms with Gasteiger partial charge in [-0.25, -0.2) is 13.8 Å². The number of carbonyl (C=O) groups is 1. The maximum atomic E-state index is 14.1. The van der Waals surface area contributed by atoms with Gasteiger partial charge in [-0.15, -0.1) is 0 Å². The molecule has 0 atom stereocenters. The van der Waals surface area contributed by atoms with Crippen molar-refractivity contribution < 1.29 is 13.6 Å². The van der Waals surface area contributed by atoms with Crippen molar-refractivity contribution in [1.82, 2.24) is 9.97 Å². The molecule has 29 heavy (non-hydrogen) atoms. The van der Waals surface area contributed by atoms with E-state index in [9.17, 15) is 13.6 Å². The third-order valence-corrected chi connectivity index (χ3v) is 5.46. The van der Waals surface area contributed by atoms with Crippen LogP contribution in [0.4, 0.5) is 13.9 Å². The van der Waals surface area contributed by atoms with Crippen molar-refractivity contribution in [3.63, 3.8) is 0 Å². The molecule has 4 aromatic rings. The summed E-state index contributed by atoms with van der Waals surface area (Å²) in [6, 6.07) is 13.4. The highest BCUT2D eigenvalue weighted by atomic mass is 32.1. The summed E-state index contributed by atoms with van der Waals surface area (Å²) in [7, 11) is 0. The van der Waals surface area contributed by atoms with Gasteiger partial charge in [0.1, 0.15) is 11.3 Å². The molecule has 0 aliphatic heterocycles. The number of benzene rings is 2. The van der Waals surface area contributed by atoms with Crippen LogP contribution in [0.1, 0.15) is 16.7 Å². The summed E-state index contributed by atoms with van der Waals surface area (Å²) in [6.07, 6.45) is 3.49. The van der Waals surface area contributed by atoms with Gasteiger partial charge in [0.15, 0.2) is 10.9 Å². The molecule has 0 fully saturated rings. The van der Waals surface area contributed by atoms with E-state index in [0.717, 1.165) is 34.1 Å². The van der Waals surface area contributed by atoms with Gasteiger partial charge in [0, 0.05) is 18.5 Å². The number of halogens is 2. The van der Waals surface area contributed by atoms with Gasteiger partial charge in [-0.05, 0) is 30.2 Å². The van der Waals surface area contributed by atoms with Crippen LogP contribution in [0.3, 0.4) is 0 Å². The lowest BCUT2D eigenvalue weighted by Crippen LogP contribution is -2.31. The molecule has 0 N–H and O–H groups in total. The van der Waals surface area contributed by atoms with Crippen LogP contribution in [-0.4, -0.2) is 15.9 Å². The molecule has 0 aliphatic carbocycles. The predicted octanol–water partition coefficient (Wildman–Crippen LogP) is 5.05. The number of pyridine rings is 1. The van der Waals surface area contributed by atoms with Gasteiger partial charge >= 0.3 is 0 Å². The highest BCUT2D eigenvalue weighted by molar-refractivity contribution is 7.22. The second-order valence-electron chi connectivity index (χ2n) is 6.74. The van der Waals surface area contributed by atoms with Crippen molar-refractivity contribution in [1.29, 1.82) is 0 Å². The fraction of sp³-hybridized carbons (Fsp3) is 0.136. The van der Waals surface area contributed by atoms with Crippen LogP contribution in [0.5, 0.6) is 0 Å². The number of thiazole rings is 1. The maximum Gasteiger partial charge on any atom is 0.233 e. The largest absolute Gasteiger partial charge is 0.283 e. The van der Waals surface area contributed by atoms with Crippen LogP contribution in [0.15, 0.2) is 60.9 Å². The summed E-state index contributed by atoms with van der Waals surface area (Å²) < 4.78 is 28.1. The van der Waals surface area contributed by atoms with Gasteiger partial charge in [-0.1, -0.05) is 47.2 Å². The van der Waals surface area contributed by atoms with Gasteiger partial charge in [0.2, 0.25) is 5.91 Å². The number of fused-ring (bicyclic) bond motifs is 1. The molecule has 0 saturated heterocycles. The Kier molecular flexibility index (Phi) is 5.31. The first-order chi connectivity index (χ1) is 14.0. The second-order valence-corrected chi connectivity index (χ2v) is 7.75. The first-order valence-electron chi connectivity index (χ1n) is 9.00. The third kappa shape index (κ3) is 4.30. The number of rotatable bonds is 5. The lowest BCUT2D eigenvalue weighted by Gasteiger charge is -2.20. The predicted molar refractivity (Wildman–Crippen MR) is 110 cm³/mol. The molecular weight excluding hydrogens is 392 g/mol. The maximum absolute atomic E-state index is 14.1. The Labute approximate surface area is 170 Å². The number of amides is 1. The van der Waals surface area contributed by atoms with E-state index in [4.69, 9.17) is 0 Å². The molecule has 1 amide bonds. The molecule has 2 aromatic carbocycles. The van der Waals surface area contributed by atoms with Gasteiger partial charge in [0.25, 0.3) is 0 Å². The number of hydrogen-bond donors (Lipinski definition) is 0. The average molecular weight is 409 g/mol. The van der Waals surface area contributed by atoms with E-state index in [1.165, 1.54) is 11.0 Å². The van der Waals surface area contributed by atoms with E-state index in [1.54, 1.807) is 18.5 Å². The van der Waals surface area contributed by atoms with Gasteiger partial charge < -0.3 is 0 Å². The fourth-order valence-corrected chi connectivity index (χ4v) is 4.11. The molecule has 4 nitrogen and oxygen atoms in total. The minimum atomic E-state index is -0.741. The summed E-state index contributed by atoms with van der Waals surface area (Å²) in [5, 5.41) is 0.325. The Morgan fingerprint density at radius 3 is 2.69 bits per heavy atom. The molecule has 4 rings (SSSR count). The standard InChI is InChI=1S/C22H17F2N3OS/c1-14-4-2-5-15(8-14)9-20(28)27(13-16-6-3-7-25-12-16)22-26-21-18(24)10-17(23)11-19(21)29-22/h2-8,10-12H,9,13H2,1H3. The van der Waals surface area contributed by atoms with E-state index in [2.05, 4.69) is 9.97 Å². The Morgan fingerprint density at radius 1 is 1.10 bits per heavy atom. The van der Waals surface area contributed by atoms with E-state index < -0.39 is 11.6 Å². The van der Waals surface area contributed by atoms with E-state index in [0.29, 0.717) is 9.83 Å². The molecular formula is C22H17F2N3OS. The third-order valence-electron chi connectivity index (χ3n) is 4.44. The van der Waals surface area contributed by atoms with Crippen molar-refractivity contribution in [2.45, 2.75) is 19.9 Å². The van der Waals surface area contributed by atoms with Crippen LogP contribution >= 0.6 is 11.3 Å². The van der Waals surface area contributed by atoms with E-state index in [-0.39, 0.29) is 24.4 Å². The fourth-order valence-electron chi connectivity index (χ4n) is 3.09. The molecule has 2 aromatic heterocycles. The lowest BCUT2D eigenvalue weighted by atomic mass is 10.1. The molecule has 7 heteroatoms. The summed E-state index contributed by atoms with van der Waals surface area (Å²) in [6.45, 7) is 2.20. The summed E-state index contributed by atoms with van der Waals surface area (Å²) in [5.74, 6) is -1.59. The Morgan fingerprint density at radius 2 is 1.93 bits per heavy atom. The molecule has 0 bridgehead atoms. The van der Waals surface area contributed by atoms with Crippen LogP contribution in [0.25, 0.3) is 10.2 Å². The SMILES string of the molecule is Cc1cccc(CC(=O)N(Cc2cccnc2)c2nc3c(F)cc(F)cc3s2)c1. The molecule has 0 unspecified atom stereocenters. The highest BCUT2D eigenvalue weighted by Crippen LogP contribution is 2.32. The van der Waals surface area contributed by atoms with Crippen LogP contribution in [0.2, 0.25) is 0 Å². The van der Waals surface area contributed by atoms with Crippen molar-refractivity contribution in [3.8, 4) is 0 Å². The molecule has 0 saturated carbocycles. The number of hydrogen-bond acceptors (Lipinski definition) is 4.